The molecule has 0 atom stereocenters. The van der Waals surface area contributed by atoms with Crippen LogP contribution in [0.5, 0.6) is 0 Å². The molecule has 0 amide bonds. The summed E-state index contributed by atoms with van der Waals surface area (Å²) in [7, 11) is 0. The van der Waals surface area contributed by atoms with Gasteiger partial charge in [0.05, 0.1) is 6.61 Å². The molecule has 1 aromatic rings. The number of anilines is 1. The molecular formula is C13H24N4O. The second-order valence-electron chi connectivity index (χ2n) is 4.59. The number of hydrogen-bond acceptors (Lipinski definition) is 5. The van der Waals surface area contributed by atoms with Crippen LogP contribution in [0, 0.1) is 6.92 Å². The number of ether oxygens (including phenoxy) is 1. The van der Waals surface area contributed by atoms with Crippen molar-refractivity contribution in [1.82, 2.24) is 9.97 Å². The van der Waals surface area contributed by atoms with E-state index >= 15 is 0 Å². The fourth-order valence-electron chi connectivity index (χ4n) is 1.53. The van der Waals surface area contributed by atoms with E-state index in [4.69, 9.17) is 10.5 Å². The van der Waals surface area contributed by atoms with Gasteiger partial charge in [0.1, 0.15) is 0 Å². The SMILES string of the molecule is Cc1cc(C(C)C)nc(NCCCOCCN)n1. The van der Waals surface area contributed by atoms with E-state index < -0.39 is 0 Å². The Morgan fingerprint density at radius 2 is 2.11 bits per heavy atom. The first-order chi connectivity index (χ1) is 8.63. The Bertz CT molecular complexity index is 355. The summed E-state index contributed by atoms with van der Waals surface area (Å²) in [4.78, 5) is 8.85. The summed E-state index contributed by atoms with van der Waals surface area (Å²) < 4.78 is 5.30. The van der Waals surface area contributed by atoms with E-state index in [1.165, 1.54) is 0 Å². The number of nitrogens with zero attached hydrogens (tertiary/aromatic N) is 2. The lowest BCUT2D eigenvalue weighted by Gasteiger charge is -2.10. The Morgan fingerprint density at radius 1 is 1.33 bits per heavy atom. The molecule has 0 aromatic carbocycles. The van der Waals surface area contributed by atoms with Gasteiger partial charge in [-0.25, -0.2) is 9.97 Å². The zero-order chi connectivity index (χ0) is 13.4. The standard InChI is InChI=1S/C13H24N4O/c1-10(2)12-9-11(3)16-13(17-12)15-6-4-7-18-8-5-14/h9-10H,4-8,14H2,1-3H3,(H,15,16,17). The van der Waals surface area contributed by atoms with Gasteiger partial charge >= 0.3 is 0 Å². The third kappa shape index (κ3) is 5.42. The van der Waals surface area contributed by atoms with Crippen molar-refractivity contribution < 1.29 is 4.74 Å². The summed E-state index contributed by atoms with van der Waals surface area (Å²) in [5, 5.41) is 3.22. The van der Waals surface area contributed by atoms with Crippen molar-refractivity contribution in [2.45, 2.75) is 33.1 Å². The van der Waals surface area contributed by atoms with Crippen molar-refractivity contribution in [3.05, 3.63) is 17.5 Å². The molecule has 0 aliphatic carbocycles. The highest BCUT2D eigenvalue weighted by Gasteiger charge is 2.05. The Kier molecular flexibility index (Phi) is 6.60. The van der Waals surface area contributed by atoms with Gasteiger partial charge in [-0.2, -0.15) is 0 Å². The number of rotatable bonds is 8. The lowest BCUT2D eigenvalue weighted by atomic mass is 10.1. The molecule has 1 heterocycles. The first-order valence-corrected chi connectivity index (χ1v) is 6.50. The van der Waals surface area contributed by atoms with Crippen molar-refractivity contribution in [3.63, 3.8) is 0 Å². The van der Waals surface area contributed by atoms with Crippen molar-refractivity contribution in [1.29, 1.82) is 0 Å². The molecule has 0 aliphatic heterocycles. The van der Waals surface area contributed by atoms with Crippen LogP contribution in [-0.4, -0.2) is 36.3 Å². The molecule has 0 aliphatic rings. The van der Waals surface area contributed by atoms with Gasteiger partial charge in [0.2, 0.25) is 5.95 Å². The molecule has 1 rings (SSSR count). The molecule has 18 heavy (non-hydrogen) atoms. The second-order valence-corrected chi connectivity index (χ2v) is 4.59. The van der Waals surface area contributed by atoms with Crippen LogP contribution < -0.4 is 11.1 Å². The Balaban J connectivity index is 2.37. The van der Waals surface area contributed by atoms with Crippen LogP contribution in [0.2, 0.25) is 0 Å². The van der Waals surface area contributed by atoms with E-state index in [0.717, 1.165) is 24.4 Å². The molecule has 0 saturated carbocycles. The lowest BCUT2D eigenvalue weighted by molar-refractivity contribution is 0.141. The number of nitrogens with one attached hydrogen (secondary N) is 1. The lowest BCUT2D eigenvalue weighted by Crippen LogP contribution is -2.13. The molecule has 1 aromatic heterocycles. The normalized spacial score (nSPS) is 10.9. The van der Waals surface area contributed by atoms with Crippen molar-refractivity contribution >= 4 is 5.95 Å². The van der Waals surface area contributed by atoms with E-state index in [9.17, 15) is 0 Å². The maximum Gasteiger partial charge on any atom is 0.223 e. The van der Waals surface area contributed by atoms with Crippen LogP contribution in [0.4, 0.5) is 5.95 Å². The van der Waals surface area contributed by atoms with Gasteiger partial charge in [-0.15, -0.1) is 0 Å². The van der Waals surface area contributed by atoms with Crippen molar-refractivity contribution in [2.24, 2.45) is 5.73 Å². The van der Waals surface area contributed by atoms with Gasteiger partial charge in [-0.3, -0.25) is 0 Å². The Hall–Kier alpha value is -1.20. The smallest absolute Gasteiger partial charge is 0.223 e. The summed E-state index contributed by atoms with van der Waals surface area (Å²) in [6.45, 7) is 8.98. The predicted octanol–water partition coefficient (Wildman–Crippen LogP) is 1.69. The molecule has 5 nitrogen and oxygen atoms in total. The molecule has 0 saturated heterocycles. The van der Waals surface area contributed by atoms with Crippen molar-refractivity contribution in [2.75, 3.05) is 31.6 Å². The van der Waals surface area contributed by atoms with E-state index in [2.05, 4.69) is 29.1 Å². The minimum absolute atomic E-state index is 0.417. The zero-order valence-electron chi connectivity index (χ0n) is 11.6. The van der Waals surface area contributed by atoms with Crippen LogP contribution in [0.1, 0.15) is 37.6 Å². The number of aromatic nitrogens is 2. The monoisotopic (exact) mass is 252 g/mol. The van der Waals surface area contributed by atoms with E-state index in [-0.39, 0.29) is 0 Å². The molecule has 102 valence electrons. The van der Waals surface area contributed by atoms with E-state index in [1.54, 1.807) is 0 Å². The Morgan fingerprint density at radius 3 is 2.78 bits per heavy atom. The fourth-order valence-corrected chi connectivity index (χ4v) is 1.53. The van der Waals surface area contributed by atoms with Crippen LogP contribution in [0.25, 0.3) is 0 Å². The van der Waals surface area contributed by atoms with E-state index in [0.29, 0.717) is 31.6 Å². The van der Waals surface area contributed by atoms with Gasteiger partial charge in [-0.05, 0) is 25.3 Å². The van der Waals surface area contributed by atoms with Crippen LogP contribution in [0.15, 0.2) is 6.07 Å². The molecule has 0 spiro atoms. The minimum atomic E-state index is 0.417. The first-order valence-electron chi connectivity index (χ1n) is 6.50. The Labute approximate surface area is 109 Å². The quantitative estimate of drug-likeness (QED) is 0.689. The molecular weight excluding hydrogens is 228 g/mol. The van der Waals surface area contributed by atoms with E-state index in [1.807, 2.05) is 13.0 Å². The topological polar surface area (TPSA) is 73.1 Å². The summed E-state index contributed by atoms with van der Waals surface area (Å²) >= 11 is 0. The zero-order valence-corrected chi connectivity index (χ0v) is 11.6. The minimum Gasteiger partial charge on any atom is -0.380 e. The third-order valence-corrected chi connectivity index (χ3v) is 2.48. The van der Waals surface area contributed by atoms with Crippen LogP contribution in [-0.2, 0) is 4.74 Å². The predicted molar refractivity (Wildman–Crippen MR) is 73.8 cm³/mol. The molecule has 3 N–H and O–H groups in total. The van der Waals surface area contributed by atoms with Crippen molar-refractivity contribution in [3.8, 4) is 0 Å². The highest BCUT2D eigenvalue weighted by atomic mass is 16.5. The molecule has 0 fully saturated rings. The number of nitrogens with two attached hydrogens (primary N) is 1. The van der Waals surface area contributed by atoms with Gasteiger partial charge in [0, 0.05) is 31.1 Å². The maximum atomic E-state index is 5.34. The highest BCUT2D eigenvalue weighted by Crippen LogP contribution is 2.14. The highest BCUT2D eigenvalue weighted by molar-refractivity contribution is 5.28. The third-order valence-electron chi connectivity index (χ3n) is 2.48. The molecule has 0 bridgehead atoms. The molecule has 5 heteroatoms. The maximum absolute atomic E-state index is 5.34. The summed E-state index contributed by atoms with van der Waals surface area (Å²) in [5.74, 6) is 1.12. The number of hydrogen-bond donors (Lipinski definition) is 2. The average Bonchev–Trinajstić information content (AvgIpc) is 2.33. The van der Waals surface area contributed by atoms with Gasteiger partial charge < -0.3 is 15.8 Å². The number of aryl methyl sites for hydroxylation is 1. The summed E-state index contributed by atoms with van der Waals surface area (Å²) in [5.41, 5.74) is 7.40. The average molecular weight is 252 g/mol. The molecule has 0 unspecified atom stereocenters. The fraction of sp³-hybridized carbons (Fsp3) is 0.692. The van der Waals surface area contributed by atoms with Crippen LogP contribution in [0.3, 0.4) is 0 Å². The van der Waals surface area contributed by atoms with Gasteiger partial charge in [0.25, 0.3) is 0 Å². The first kappa shape index (κ1) is 14.9. The molecule has 0 radical (unpaired) electrons. The van der Waals surface area contributed by atoms with Gasteiger partial charge in [0.15, 0.2) is 0 Å². The van der Waals surface area contributed by atoms with Gasteiger partial charge in [-0.1, -0.05) is 13.8 Å². The largest absolute Gasteiger partial charge is 0.380 e. The summed E-state index contributed by atoms with van der Waals surface area (Å²) in [6.07, 6.45) is 0.925. The van der Waals surface area contributed by atoms with Crippen LogP contribution >= 0.6 is 0 Å². The second kappa shape index (κ2) is 8.00. The summed E-state index contributed by atoms with van der Waals surface area (Å²) in [6, 6.07) is 2.03.